The number of carbonyl (C=O) groups excluding carboxylic acids is 1. The second-order valence-corrected chi connectivity index (χ2v) is 5.50. The van der Waals surface area contributed by atoms with Gasteiger partial charge in [0.25, 0.3) is 0 Å². The van der Waals surface area contributed by atoms with Gasteiger partial charge in [-0.2, -0.15) is 4.98 Å². The number of nitrogens with zero attached hydrogens (tertiary/aromatic N) is 1. The number of ether oxygens (including phenoxy) is 1. The average molecular weight is 346 g/mol. The fraction of sp³-hybridized carbons (Fsp3) is 0.176. The second kappa shape index (κ2) is 7.70. The standard InChI is InChI=1S/C17H16ClN3O3/c18-12-7-9-13(10-8-12)23-11-3-6-16(22)20-21-17-19-14-4-1-2-5-15(14)24-17/h1-2,4-5,7-10H,3,6,11H2,(H,19,21)(H,20,22). The number of halogens is 1. The molecule has 3 aromatic rings. The Morgan fingerprint density at radius 3 is 2.75 bits per heavy atom. The monoisotopic (exact) mass is 345 g/mol. The van der Waals surface area contributed by atoms with Crippen LogP contribution >= 0.6 is 11.6 Å². The van der Waals surface area contributed by atoms with E-state index in [1.807, 2.05) is 24.3 Å². The predicted octanol–water partition coefficient (Wildman–Crippen LogP) is 3.78. The summed E-state index contributed by atoms with van der Waals surface area (Å²) in [6.07, 6.45) is 0.907. The van der Waals surface area contributed by atoms with Gasteiger partial charge in [-0.05, 0) is 42.8 Å². The Hall–Kier alpha value is -2.73. The molecule has 2 N–H and O–H groups in total. The highest BCUT2D eigenvalue weighted by molar-refractivity contribution is 6.30. The highest BCUT2D eigenvalue weighted by Crippen LogP contribution is 2.17. The molecule has 124 valence electrons. The van der Waals surface area contributed by atoms with E-state index in [0.29, 0.717) is 30.1 Å². The maximum absolute atomic E-state index is 11.8. The summed E-state index contributed by atoms with van der Waals surface area (Å²) in [6, 6.07) is 14.7. The maximum atomic E-state index is 11.8. The Labute approximate surface area is 143 Å². The zero-order valence-corrected chi connectivity index (χ0v) is 13.5. The van der Waals surface area contributed by atoms with Gasteiger partial charge in [0.2, 0.25) is 5.91 Å². The molecule has 1 aromatic heterocycles. The molecule has 0 saturated heterocycles. The minimum Gasteiger partial charge on any atom is -0.494 e. The number of amides is 1. The number of oxazole rings is 1. The third-order valence-corrected chi connectivity index (χ3v) is 3.49. The first-order chi connectivity index (χ1) is 11.7. The van der Waals surface area contributed by atoms with Crippen molar-refractivity contribution in [2.24, 2.45) is 0 Å². The number of para-hydroxylation sites is 2. The summed E-state index contributed by atoms with van der Waals surface area (Å²) >= 11 is 5.80. The summed E-state index contributed by atoms with van der Waals surface area (Å²) < 4.78 is 11.0. The van der Waals surface area contributed by atoms with Crippen LogP contribution in [-0.4, -0.2) is 17.5 Å². The molecule has 0 aliphatic rings. The number of carbonyl (C=O) groups is 1. The molecular weight excluding hydrogens is 330 g/mol. The summed E-state index contributed by atoms with van der Waals surface area (Å²) in [6.45, 7) is 0.442. The van der Waals surface area contributed by atoms with Crippen molar-refractivity contribution >= 4 is 34.6 Å². The van der Waals surface area contributed by atoms with Crippen molar-refractivity contribution < 1.29 is 13.9 Å². The number of fused-ring (bicyclic) bond motifs is 1. The van der Waals surface area contributed by atoms with E-state index in [4.69, 9.17) is 20.8 Å². The van der Waals surface area contributed by atoms with E-state index in [9.17, 15) is 4.79 Å². The fourth-order valence-corrected chi connectivity index (χ4v) is 2.19. The minimum atomic E-state index is -0.169. The van der Waals surface area contributed by atoms with Crippen molar-refractivity contribution in [2.75, 3.05) is 12.0 Å². The average Bonchev–Trinajstić information content (AvgIpc) is 3.01. The van der Waals surface area contributed by atoms with Crippen LogP contribution in [0.2, 0.25) is 5.02 Å². The normalized spacial score (nSPS) is 10.5. The van der Waals surface area contributed by atoms with Crippen LogP contribution in [0.1, 0.15) is 12.8 Å². The van der Waals surface area contributed by atoms with Crippen molar-refractivity contribution in [1.82, 2.24) is 10.4 Å². The SMILES string of the molecule is O=C(CCCOc1ccc(Cl)cc1)NNc1nc2ccccc2o1. The van der Waals surface area contributed by atoms with E-state index in [-0.39, 0.29) is 11.9 Å². The summed E-state index contributed by atoms with van der Waals surface area (Å²) in [5.41, 5.74) is 6.60. The largest absolute Gasteiger partial charge is 0.494 e. The second-order valence-electron chi connectivity index (χ2n) is 5.07. The number of hydrogen-bond acceptors (Lipinski definition) is 5. The molecule has 0 fully saturated rings. The van der Waals surface area contributed by atoms with Crippen LogP contribution in [0, 0.1) is 0 Å². The molecule has 0 aliphatic heterocycles. The van der Waals surface area contributed by atoms with Gasteiger partial charge in [-0.3, -0.25) is 15.6 Å². The molecular formula is C17H16ClN3O3. The van der Waals surface area contributed by atoms with Gasteiger partial charge in [-0.15, -0.1) is 0 Å². The first kappa shape index (κ1) is 16.1. The van der Waals surface area contributed by atoms with Gasteiger partial charge < -0.3 is 9.15 Å². The van der Waals surface area contributed by atoms with Crippen LogP contribution in [0.4, 0.5) is 6.01 Å². The first-order valence-electron chi connectivity index (χ1n) is 7.49. The first-order valence-corrected chi connectivity index (χ1v) is 7.87. The van der Waals surface area contributed by atoms with Gasteiger partial charge >= 0.3 is 6.01 Å². The van der Waals surface area contributed by atoms with E-state index in [1.165, 1.54) is 0 Å². The topological polar surface area (TPSA) is 76.4 Å². The lowest BCUT2D eigenvalue weighted by Crippen LogP contribution is -2.29. The van der Waals surface area contributed by atoms with E-state index >= 15 is 0 Å². The molecule has 0 spiro atoms. The number of benzene rings is 2. The van der Waals surface area contributed by atoms with Crippen LogP contribution in [-0.2, 0) is 4.79 Å². The molecule has 2 aromatic carbocycles. The highest BCUT2D eigenvalue weighted by atomic mass is 35.5. The number of hydrazine groups is 1. The van der Waals surface area contributed by atoms with Crippen LogP contribution in [0.15, 0.2) is 52.9 Å². The van der Waals surface area contributed by atoms with Gasteiger partial charge in [0.05, 0.1) is 6.61 Å². The Morgan fingerprint density at radius 1 is 1.17 bits per heavy atom. The van der Waals surface area contributed by atoms with Crippen LogP contribution in [0.25, 0.3) is 11.1 Å². The molecule has 1 heterocycles. The summed E-state index contributed by atoms with van der Waals surface area (Å²) in [4.78, 5) is 16.0. The number of hydrogen-bond donors (Lipinski definition) is 2. The molecule has 0 aliphatic carbocycles. The van der Waals surface area contributed by atoms with Crippen molar-refractivity contribution in [1.29, 1.82) is 0 Å². The van der Waals surface area contributed by atoms with Gasteiger partial charge in [0.1, 0.15) is 11.3 Å². The molecule has 3 rings (SSSR count). The molecule has 1 amide bonds. The van der Waals surface area contributed by atoms with E-state index in [1.54, 1.807) is 24.3 Å². The molecule has 7 heteroatoms. The van der Waals surface area contributed by atoms with Crippen LogP contribution in [0.5, 0.6) is 5.75 Å². The van der Waals surface area contributed by atoms with E-state index in [0.717, 1.165) is 11.3 Å². The molecule has 0 radical (unpaired) electrons. The summed E-state index contributed by atoms with van der Waals surface area (Å²) in [5.74, 6) is 0.557. The Bertz CT molecular complexity index is 784. The summed E-state index contributed by atoms with van der Waals surface area (Å²) in [7, 11) is 0. The number of anilines is 1. The third kappa shape index (κ3) is 4.39. The van der Waals surface area contributed by atoms with Crippen LogP contribution in [0.3, 0.4) is 0 Å². The molecule has 0 unspecified atom stereocenters. The Kier molecular flexibility index (Phi) is 5.18. The summed E-state index contributed by atoms with van der Waals surface area (Å²) in [5, 5.41) is 0.659. The van der Waals surface area contributed by atoms with Crippen LogP contribution < -0.4 is 15.6 Å². The van der Waals surface area contributed by atoms with Gasteiger partial charge in [0.15, 0.2) is 5.58 Å². The molecule has 0 saturated carbocycles. The maximum Gasteiger partial charge on any atom is 0.315 e. The van der Waals surface area contributed by atoms with Crippen molar-refractivity contribution in [2.45, 2.75) is 12.8 Å². The van der Waals surface area contributed by atoms with Crippen molar-refractivity contribution in [3.63, 3.8) is 0 Å². The quantitative estimate of drug-likeness (QED) is 0.503. The van der Waals surface area contributed by atoms with Gasteiger partial charge in [-0.1, -0.05) is 23.7 Å². The van der Waals surface area contributed by atoms with Gasteiger partial charge in [0, 0.05) is 11.4 Å². The number of rotatable bonds is 7. The van der Waals surface area contributed by atoms with Crippen molar-refractivity contribution in [3.8, 4) is 5.75 Å². The molecule has 24 heavy (non-hydrogen) atoms. The predicted molar refractivity (Wildman–Crippen MR) is 92.0 cm³/mol. The highest BCUT2D eigenvalue weighted by Gasteiger charge is 2.06. The minimum absolute atomic E-state index is 0.169. The third-order valence-electron chi connectivity index (χ3n) is 3.23. The van der Waals surface area contributed by atoms with Crippen molar-refractivity contribution in [3.05, 3.63) is 53.6 Å². The van der Waals surface area contributed by atoms with Gasteiger partial charge in [-0.25, -0.2) is 0 Å². The smallest absolute Gasteiger partial charge is 0.315 e. The lowest BCUT2D eigenvalue weighted by molar-refractivity contribution is -0.120. The molecule has 6 nitrogen and oxygen atoms in total. The number of nitrogens with one attached hydrogen (secondary N) is 2. The number of aromatic nitrogens is 1. The fourth-order valence-electron chi connectivity index (χ4n) is 2.06. The Balaban J connectivity index is 1.37. The zero-order chi connectivity index (χ0) is 16.8. The Morgan fingerprint density at radius 2 is 1.96 bits per heavy atom. The lowest BCUT2D eigenvalue weighted by atomic mass is 10.3. The molecule has 0 bridgehead atoms. The lowest BCUT2D eigenvalue weighted by Gasteiger charge is -2.07. The van der Waals surface area contributed by atoms with E-state index in [2.05, 4.69) is 15.8 Å². The van der Waals surface area contributed by atoms with E-state index < -0.39 is 0 Å². The molecule has 0 atom stereocenters. The zero-order valence-electron chi connectivity index (χ0n) is 12.8.